The van der Waals surface area contributed by atoms with Gasteiger partial charge in [0.1, 0.15) is 12.7 Å². The molecular formula is C81H148O8. The Hall–Kier alpha value is -3.16. The van der Waals surface area contributed by atoms with Gasteiger partial charge in [-0.15, -0.1) is 0 Å². The number of carbonyl (C=O) groups is 4. The molecule has 0 fully saturated rings. The van der Waals surface area contributed by atoms with Crippen LogP contribution in [-0.4, -0.2) is 48.8 Å². The van der Waals surface area contributed by atoms with Crippen molar-refractivity contribution in [3.63, 3.8) is 0 Å². The van der Waals surface area contributed by atoms with E-state index in [1.54, 1.807) is 0 Å². The van der Waals surface area contributed by atoms with Crippen LogP contribution in [0.5, 0.6) is 0 Å². The number of hydrogen-bond acceptors (Lipinski definition) is 8. The molecule has 0 rings (SSSR count). The first-order valence-corrected chi connectivity index (χ1v) is 39.2. The Morgan fingerprint density at radius 2 is 0.449 bits per heavy atom. The van der Waals surface area contributed by atoms with E-state index in [9.17, 15) is 19.2 Å². The van der Waals surface area contributed by atoms with Crippen molar-refractivity contribution in [2.24, 2.45) is 0 Å². The lowest BCUT2D eigenvalue weighted by Crippen LogP contribution is -2.48. The third kappa shape index (κ3) is 64.7. The van der Waals surface area contributed by atoms with Gasteiger partial charge in [-0.25, -0.2) is 0 Å². The molecule has 0 saturated carbocycles. The second-order valence-electron chi connectivity index (χ2n) is 26.5. The van der Waals surface area contributed by atoms with Crippen molar-refractivity contribution < 1.29 is 38.1 Å². The van der Waals surface area contributed by atoms with Gasteiger partial charge in [-0.3, -0.25) is 19.2 Å². The molecule has 1 unspecified atom stereocenters. The van der Waals surface area contributed by atoms with Crippen LogP contribution in [0.4, 0.5) is 0 Å². The maximum atomic E-state index is 14.0. The molecular weight excluding hydrogens is 1100 g/mol. The van der Waals surface area contributed by atoms with Gasteiger partial charge in [-0.2, -0.15) is 0 Å². The lowest BCUT2D eigenvalue weighted by atomic mass is 10.0. The van der Waals surface area contributed by atoms with Gasteiger partial charge in [-0.1, -0.05) is 302 Å². The Kier molecular flexibility index (Phi) is 69.7. The molecule has 0 radical (unpaired) electrons. The summed E-state index contributed by atoms with van der Waals surface area (Å²) in [6, 6.07) is 0. The minimum atomic E-state index is -1.11. The maximum Gasteiger partial charge on any atom is 0.306 e. The van der Waals surface area contributed by atoms with Gasteiger partial charge in [0, 0.05) is 25.7 Å². The molecule has 0 aromatic rings. The minimum absolute atomic E-state index is 0.211. The normalized spacial score (nSPS) is 12.9. The van der Waals surface area contributed by atoms with Crippen molar-refractivity contribution in [2.45, 2.75) is 438 Å². The summed E-state index contributed by atoms with van der Waals surface area (Å²) in [4.78, 5) is 55.3. The zero-order valence-electron chi connectivity index (χ0n) is 59.8. The molecule has 520 valence electrons. The molecule has 0 aliphatic rings. The second kappa shape index (κ2) is 72.3. The van der Waals surface area contributed by atoms with Gasteiger partial charge in [0.15, 0.2) is 12.2 Å². The Labute approximate surface area is 552 Å². The van der Waals surface area contributed by atoms with Gasteiger partial charge in [-0.05, 0) is 141 Å². The largest absolute Gasteiger partial charge is 0.462 e. The zero-order chi connectivity index (χ0) is 64.7. The first kappa shape index (κ1) is 85.8. The van der Waals surface area contributed by atoms with E-state index >= 15 is 0 Å². The predicted octanol–water partition coefficient (Wildman–Crippen LogP) is 26.0. The van der Waals surface area contributed by atoms with Crippen LogP contribution in [0.15, 0.2) is 48.6 Å². The highest BCUT2D eigenvalue weighted by molar-refractivity contribution is 5.72. The number of rotatable bonds is 71. The molecule has 0 saturated heterocycles. The Balaban J connectivity index is 5.97. The van der Waals surface area contributed by atoms with Gasteiger partial charge in [0.25, 0.3) is 0 Å². The summed E-state index contributed by atoms with van der Waals surface area (Å²) in [6.07, 6.45) is 80.4. The van der Waals surface area contributed by atoms with E-state index in [0.29, 0.717) is 25.7 Å². The topological polar surface area (TPSA) is 105 Å². The average Bonchev–Trinajstić information content (AvgIpc) is 3.03. The fourth-order valence-corrected chi connectivity index (χ4v) is 11.7. The Morgan fingerprint density at radius 3 is 0.730 bits per heavy atom. The van der Waals surface area contributed by atoms with Crippen molar-refractivity contribution in [3.05, 3.63) is 48.6 Å². The van der Waals surface area contributed by atoms with E-state index < -0.39 is 30.3 Å². The highest BCUT2D eigenvalue weighted by atomic mass is 16.6. The third-order valence-corrected chi connectivity index (χ3v) is 17.6. The second-order valence-corrected chi connectivity index (χ2v) is 26.5. The maximum absolute atomic E-state index is 14.0. The molecule has 0 aromatic carbocycles. The smallest absolute Gasteiger partial charge is 0.306 e. The molecule has 0 heterocycles. The summed E-state index contributed by atoms with van der Waals surface area (Å²) in [5, 5.41) is 0. The monoisotopic (exact) mass is 1250 g/mol. The van der Waals surface area contributed by atoms with Crippen LogP contribution < -0.4 is 0 Å². The fraction of sp³-hybridized carbons (Fsp3) is 0.852. The van der Waals surface area contributed by atoms with E-state index in [1.165, 1.54) is 180 Å². The van der Waals surface area contributed by atoms with E-state index in [1.807, 2.05) is 0 Å². The number of ether oxygens (including phenoxy) is 4. The predicted molar refractivity (Wildman–Crippen MR) is 383 cm³/mol. The molecule has 0 amide bonds. The summed E-state index contributed by atoms with van der Waals surface area (Å²) in [5.41, 5.74) is 0. The van der Waals surface area contributed by atoms with Gasteiger partial charge < -0.3 is 18.9 Å². The molecule has 8 heteroatoms. The molecule has 3 atom stereocenters. The van der Waals surface area contributed by atoms with Crippen LogP contribution in [0.3, 0.4) is 0 Å². The van der Waals surface area contributed by atoms with Crippen LogP contribution in [-0.2, 0) is 38.1 Å². The quantitative estimate of drug-likeness (QED) is 0.0257. The summed E-state index contributed by atoms with van der Waals surface area (Å²) in [6.45, 7) is 10.9. The van der Waals surface area contributed by atoms with Crippen LogP contribution in [0, 0.1) is 0 Å². The lowest BCUT2D eigenvalue weighted by Gasteiger charge is -2.32. The lowest BCUT2D eigenvalue weighted by molar-refractivity contribution is -0.192. The first-order valence-electron chi connectivity index (χ1n) is 39.2. The summed E-state index contributed by atoms with van der Waals surface area (Å²) in [7, 11) is 0. The molecule has 89 heavy (non-hydrogen) atoms. The Bertz CT molecular complexity index is 1630. The third-order valence-electron chi connectivity index (χ3n) is 17.6. The van der Waals surface area contributed by atoms with Crippen LogP contribution >= 0.6 is 0 Å². The standard InChI is InChI=1S/C81H148O8/c1-6-11-16-20-24-28-32-36-40-44-48-52-56-60-65-70-77(82)86-74-76(88-79(84)72-67-62-58-54-50-46-42-38-34-30-26-22-18-13-8-3)81(89-80(85)73-68-63-59-55-51-47-43-39-35-31-27-23-19-14-9-4)75(69-64-15-10-5)87-78(83)71-66-61-57-53-49-45-41-37-33-29-25-21-17-12-7-2/h36-43,75-76,81H,6-35,44-74H2,1-5H3/b40-36-,41-37-,42-38-,43-39-/t75?,76-,81+/m1/s1. The van der Waals surface area contributed by atoms with E-state index in [4.69, 9.17) is 18.9 Å². The number of esters is 4. The van der Waals surface area contributed by atoms with Crippen molar-refractivity contribution >= 4 is 23.9 Å². The highest BCUT2D eigenvalue weighted by Gasteiger charge is 2.39. The van der Waals surface area contributed by atoms with Crippen molar-refractivity contribution in [1.29, 1.82) is 0 Å². The van der Waals surface area contributed by atoms with E-state index in [-0.39, 0.29) is 44.2 Å². The summed E-state index contributed by atoms with van der Waals surface area (Å²) in [5.74, 6) is -1.50. The summed E-state index contributed by atoms with van der Waals surface area (Å²) < 4.78 is 25.0. The molecule has 8 nitrogen and oxygen atoms in total. The molecule has 0 spiro atoms. The highest BCUT2D eigenvalue weighted by Crippen LogP contribution is 2.24. The average molecular weight is 1250 g/mol. The SMILES string of the molecule is CCCCCCCC/C=C\CCCCCCCC(=O)OC[C@@H](OC(=O)CCCCCCC/C=C\CCCCCCCC)[C@@H](OC(=O)CCCCCCC/C=C\CCCCCCCC)C(CCCCC)OC(=O)CCCCCCC/C=C\CCCCCCCC. The van der Waals surface area contributed by atoms with Gasteiger partial charge in [0.2, 0.25) is 0 Å². The van der Waals surface area contributed by atoms with E-state index in [0.717, 1.165) is 154 Å². The fourth-order valence-electron chi connectivity index (χ4n) is 11.7. The zero-order valence-corrected chi connectivity index (χ0v) is 59.8. The van der Waals surface area contributed by atoms with E-state index in [2.05, 4.69) is 83.2 Å². The van der Waals surface area contributed by atoms with Gasteiger partial charge in [0.05, 0.1) is 0 Å². The van der Waals surface area contributed by atoms with Gasteiger partial charge >= 0.3 is 23.9 Å². The molecule has 0 aliphatic heterocycles. The molecule has 0 N–H and O–H groups in total. The first-order chi connectivity index (χ1) is 43.8. The van der Waals surface area contributed by atoms with Crippen molar-refractivity contribution in [1.82, 2.24) is 0 Å². The van der Waals surface area contributed by atoms with Crippen LogP contribution in [0.2, 0.25) is 0 Å². The molecule has 0 aromatic heterocycles. The van der Waals surface area contributed by atoms with Crippen molar-refractivity contribution in [3.8, 4) is 0 Å². The van der Waals surface area contributed by atoms with Crippen LogP contribution in [0.25, 0.3) is 0 Å². The Morgan fingerprint density at radius 1 is 0.236 bits per heavy atom. The summed E-state index contributed by atoms with van der Waals surface area (Å²) >= 11 is 0. The number of hydrogen-bond donors (Lipinski definition) is 0. The van der Waals surface area contributed by atoms with Crippen molar-refractivity contribution in [2.75, 3.05) is 6.61 Å². The minimum Gasteiger partial charge on any atom is -0.462 e. The number of allylic oxidation sites excluding steroid dienone is 8. The number of unbranched alkanes of at least 4 members (excludes halogenated alkanes) is 46. The van der Waals surface area contributed by atoms with Crippen LogP contribution in [0.1, 0.15) is 420 Å². The number of carbonyl (C=O) groups excluding carboxylic acids is 4. The molecule has 0 aliphatic carbocycles. The molecule has 0 bridgehead atoms.